The first kappa shape index (κ1) is 27.0. The zero-order valence-corrected chi connectivity index (χ0v) is 22.8. The molecule has 1 atom stereocenters. The molecule has 1 N–H and O–H groups in total. The van der Waals surface area contributed by atoms with Crippen molar-refractivity contribution in [3.05, 3.63) is 107 Å². The summed E-state index contributed by atoms with van der Waals surface area (Å²) in [5.41, 5.74) is 5.70. The molecule has 5 heteroatoms. The van der Waals surface area contributed by atoms with Gasteiger partial charge in [0.1, 0.15) is 6.04 Å². The van der Waals surface area contributed by atoms with Crippen molar-refractivity contribution >= 4 is 23.6 Å². The SMILES string of the molecule is Cc1ccc(CSCC(=O)N(Cc2ccc(C)cc2)[C@H](Cc2ccccc2)C(=O)NC2CCCC2)cc1. The van der Waals surface area contributed by atoms with E-state index >= 15 is 0 Å². The topological polar surface area (TPSA) is 49.4 Å². The van der Waals surface area contributed by atoms with E-state index in [1.807, 2.05) is 35.2 Å². The van der Waals surface area contributed by atoms with Crippen LogP contribution in [0.5, 0.6) is 0 Å². The highest BCUT2D eigenvalue weighted by molar-refractivity contribution is 7.99. The molecular formula is C32H38N2O2S. The highest BCUT2D eigenvalue weighted by Gasteiger charge is 2.32. The van der Waals surface area contributed by atoms with E-state index in [9.17, 15) is 9.59 Å². The van der Waals surface area contributed by atoms with Crippen molar-refractivity contribution in [1.82, 2.24) is 10.2 Å². The Morgan fingerprint density at radius 3 is 2.05 bits per heavy atom. The highest BCUT2D eigenvalue weighted by atomic mass is 32.2. The Bertz CT molecular complexity index is 1140. The average Bonchev–Trinajstić information content (AvgIpc) is 3.42. The number of carbonyl (C=O) groups excluding carboxylic acids is 2. The lowest BCUT2D eigenvalue weighted by Crippen LogP contribution is -2.52. The number of nitrogens with one attached hydrogen (secondary N) is 1. The molecule has 37 heavy (non-hydrogen) atoms. The molecule has 1 fully saturated rings. The monoisotopic (exact) mass is 514 g/mol. The summed E-state index contributed by atoms with van der Waals surface area (Å²) < 4.78 is 0. The van der Waals surface area contributed by atoms with Crippen LogP contribution in [-0.4, -0.2) is 34.6 Å². The molecule has 0 bridgehead atoms. The largest absolute Gasteiger partial charge is 0.352 e. The van der Waals surface area contributed by atoms with Gasteiger partial charge in [-0.05, 0) is 43.4 Å². The Balaban J connectivity index is 1.55. The van der Waals surface area contributed by atoms with Gasteiger partial charge >= 0.3 is 0 Å². The zero-order valence-electron chi connectivity index (χ0n) is 22.0. The van der Waals surface area contributed by atoms with Gasteiger partial charge in [0.05, 0.1) is 5.75 Å². The van der Waals surface area contributed by atoms with Gasteiger partial charge < -0.3 is 10.2 Å². The van der Waals surface area contributed by atoms with Gasteiger partial charge in [-0.2, -0.15) is 0 Å². The summed E-state index contributed by atoms with van der Waals surface area (Å²) >= 11 is 1.61. The van der Waals surface area contributed by atoms with Gasteiger partial charge in [-0.15, -0.1) is 11.8 Å². The summed E-state index contributed by atoms with van der Waals surface area (Å²) in [7, 11) is 0. The number of hydrogen-bond acceptors (Lipinski definition) is 3. The van der Waals surface area contributed by atoms with E-state index in [2.05, 4.69) is 67.7 Å². The molecule has 0 radical (unpaired) electrons. The van der Waals surface area contributed by atoms with Crippen LogP contribution in [0.15, 0.2) is 78.9 Å². The van der Waals surface area contributed by atoms with Gasteiger partial charge in [0.15, 0.2) is 0 Å². The Labute approximate surface area is 225 Å². The smallest absolute Gasteiger partial charge is 0.243 e. The van der Waals surface area contributed by atoms with Crippen LogP contribution in [0.2, 0.25) is 0 Å². The summed E-state index contributed by atoms with van der Waals surface area (Å²) in [6, 6.07) is 26.4. The maximum absolute atomic E-state index is 13.8. The fourth-order valence-electron chi connectivity index (χ4n) is 4.84. The van der Waals surface area contributed by atoms with Crippen molar-refractivity contribution in [2.75, 3.05) is 5.75 Å². The predicted molar refractivity (Wildman–Crippen MR) is 153 cm³/mol. The van der Waals surface area contributed by atoms with Crippen molar-refractivity contribution in [2.24, 2.45) is 0 Å². The fraction of sp³-hybridized carbons (Fsp3) is 0.375. The van der Waals surface area contributed by atoms with Gasteiger partial charge in [0, 0.05) is 24.8 Å². The Hall–Kier alpha value is -3.05. The van der Waals surface area contributed by atoms with Crippen LogP contribution in [0.1, 0.15) is 53.5 Å². The number of aryl methyl sites for hydroxylation is 2. The van der Waals surface area contributed by atoms with E-state index in [1.165, 1.54) is 16.7 Å². The standard InChI is InChI=1S/C32H38N2O2S/c1-24-12-16-27(17-13-24)21-34(31(35)23-37-22-28-18-14-25(2)15-19-28)30(20-26-8-4-3-5-9-26)32(36)33-29-10-6-7-11-29/h3-5,8-9,12-19,29-30H,6-7,10-11,20-23H2,1-2H3,(H,33,36)/t30-/m1/s1. The van der Waals surface area contributed by atoms with Crippen LogP contribution < -0.4 is 5.32 Å². The van der Waals surface area contributed by atoms with Gasteiger partial charge in [-0.3, -0.25) is 9.59 Å². The second kappa shape index (κ2) is 13.5. The minimum Gasteiger partial charge on any atom is -0.352 e. The first-order valence-corrected chi connectivity index (χ1v) is 14.5. The van der Waals surface area contributed by atoms with E-state index in [4.69, 9.17) is 0 Å². The number of amides is 2. The lowest BCUT2D eigenvalue weighted by atomic mass is 10.0. The van der Waals surface area contributed by atoms with E-state index < -0.39 is 6.04 Å². The predicted octanol–water partition coefficient (Wildman–Crippen LogP) is 6.24. The number of rotatable bonds is 11. The number of nitrogens with zero attached hydrogens (tertiary/aromatic N) is 1. The average molecular weight is 515 g/mol. The molecule has 0 unspecified atom stereocenters. The Morgan fingerprint density at radius 1 is 0.838 bits per heavy atom. The van der Waals surface area contributed by atoms with Crippen LogP contribution in [0.25, 0.3) is 0 Å². The maximum Gasteiger partial charge on any atom is 0.243 e. The minimum absolute atomic E-state index is 0.000176. The van der Waals surface area contributed by atoms with Gasteiger partial charge in [0.2, 0.25) is 11.8 Å². The third-order valence-electron chi connectivity index (χ3n) is 7.06. The summed E-state index contributed by atoms with van der Waals surface area (Å²) in [5, 5.41) is 3.28. The van der Waals surface area contributed by atoms with E-state index in [0.29, 0.717) is 18.7 Å². The zero-order chi connectivity index (χ0) is 26.0. The molecule has 1 saturated carbocycles. The molecule has 0 spiro atoms. The number of carbonyl (C=O) groups is 2. The van der Waals surface area contributed by atoms with Gasteiger partial charge in [-0.1, -0.05) is 103 Å². The summed E-state index contributed by atoms with van der Waals surface area (Å²) in [4.78, 5) is 29.3. The van der Waals surface area contributed by atoms with Crippen LogP contribution in [0.4, 0.5) is 0 Å². The van der Waals surface area contributed by atoms with Crippen LogP contribution in [-0.2, 0) is 28.3 Å². The molecule has 3 aromatic rings. The normalized spacial score (nSPS) is 14.3. The second-order valence-corrected chi connectivity index (χ2v) is 11.2. The van der Waals surface area contributed by atoms with E-state index in [-0.39, 0.29) is 17.9 Å². The fourth-order valence-corrected chi connectivity index (χ4v) is 5.71. The summed E-state index contributed by atoms with van der Waals surface area (Å²) in [5.74, 6) is 1.06. The van der Waals surface area contributed by atoms with E-state index in [0.717, 1.165) is 42.6 Å². The van der Waals surface area contributed by atoms with Crippen LogP contribution >= 0.6 is 11.8 Å². The number of benzene rings is 3. The molecule has 0 saturated heterocycles. The van der Waals surface area contributed by atoms with Gasteiger partial charge in [-0.25, -0.2) is 0 Å². The van der Waals surface area contributed by atoms with Crippen molar-refractivity contribution < 1.29 is 9.59 Å². The maximum atomic E-state index is 13.8. The van der Waals surface area contributed by atoms with Crippen molar-refractivity contribution in [3.63, 3.8) is 0 Å². The molecule has 4 rings (SSSR count). The molecular weight excluding hydrogens is 476 g/mol. The minimum atomic E-state index is -0.559. The summed E-state index contributed by atoms with van der Waals surface area (Å²) in [6.07, 6.45) is 4.83. The van der Waals surface area contributed by atoms with Crippen LogP contribution in [0, 0.1) is 13.8 Å². The first-order valence-electron chi connectivity index (χ1n) is 13.3. The molecule has 1 aliphatic carbocycles. The second-order valence-electron chi connectivity index (χ2n) is 10.2. The number of thioether (sulfide) groups is 1. The molecule has 1 aliphatic rings. The quantitative estimate of drug-likeness (QED) is 0.330. The van der Waals surface area contributed by atoms with Gasteiger partial charge in [0.25, 0.3) is 0 Å². The molecule has 4 nitrogen and oxygen atoms in total. The molecule has 0 aromatic heterocycles. The van der Waals surface area contributed by atoms with E-state index in [1.54, 1.807) is 11.8 Å². The third kappa shape index (κ3) is 8.22. The van der Waals surface area contributed by atoms with Crippen LogP contribution in [0.3, 0.4) is 0 Å². The molecule has 0 heterocycles. The van der Waals surface area contributed by atoms with Crippen molar-refractivity contribution in [3.8, 4) is 0 Å². The number of hydrogen-bond donors (Lipinski definition) is 1. The van der Waals surface area contributed by atoms with Crippen molar-refractivity contribution in [1.29, 1.82) is 0 Å². The Morgan fingerprint density at radius 2 is 1.43 bits per heavy atom. The third-order valence-corrected chi connectivity index (χ3v) is 8.05. The summed E-state index contributed by atoms with van der Waals surface area (Å²) in [6.45, 7) is 4.55. The molecule has 2 amide bonds. The molecule has 0 aliphatic heterocycles. The molecule has 3 aromatic carbocycles. The Kier molecular flexibility index (Phi) is 9.84. The lowest BCUT2D eigenvalue weighted by Gasteiger charge is -2.32. The first-order chi connectivity index (χ1) is 18.0. The molecule has 194 valence electrons. The highest BCUT2D eigenvalue weighted by Crippen LogP contribution is 2.21. The van der Waals surface area contributed by atoms with Crippen molar-refractivity contribution in [2.45, 2.75) is 70.3 Å². The lowest BCUT2D eigenvalue weighted by molar-refractivity contribution is -0.139.